The van der Waals surface area contributed by atoms with Gasteiger partial charge in [-0.1, -0.05) is 48.6 Å². The van der Waals surface area contributed by atoms with Crippen molar-refractivity contribution in [2.24, 2.45) is 0 Å². The summed E-state index contributed by atoms with van der Waals surface area (Å²) in [5.74, 6) is -1.02. The highest BCUT2D eigenvalue weighted by molar-refractivity contribution is 6.11. The maximum atomic E-state index is 13.7. The minimum Gasteiger partial charge on any atom is -0.508 e. The second kappa shape index (κ2) is 10.7. The van der Waals surface area contributed by atoms with Crippen molar-refractivity contribution in [1.82, 2.24) is 0 Å². The fourth-order valence-corrected chi connectivity index (χ4v) is 5.10. The quantitative estimate of drug-likeness (QED) is 0.115. The van der Waals surface area contributed by atoms with Gasteiger partial charge in [0.25, 0.3) is 0 Å². The summed E-state index contributed by atoms with van der Waals surface area (Å²) in [6.07, 6.45) is 4.22. The number of benzene rings is 5. The Kier molecular flexibility index (Phi) is 6.76. The van der Waals surface area contributed by atoms with Crippen molar-refractivity contribution in [3.05, 3.63) is 124 Å². The molecule has 1 aliphatic heterocycles. The van der Waals surface area contributed by atoms with Crippen LogP contribution in [0.4, 0.5) is 0 Å². The molecule has 1 aliphatic rings. The first-order valence-corrected chi connectivity index (χ1v) is 13.3. The van der Waals surface area contributed by atoms with Crippen LogP contribution in [0.3, 0.4) is 0 Å². The van der Waals surface area contributed by atoms with Gasteiger partial charge in [-0.2, -0.15) is 0 Å². The minimum absolute atomic E-state index is 0.00720. The van der Waals surface area contributed by atoms with Gasteiger partial charge in [-0.3, -0.25) is 4.79 Å². The van der Waals surface area contributed by atoms with Crippen molar-refractivity contribution in [3.63, 3.8) is 0 Å². The molecule has 0 amide bonds. The molecular weight excluding hydrogens is 532 g/mol. The van der Waals surface area contributed by atoms with Crippen molar-refractivity contribution in [2.75, 3.05) is 0 Å². The van der Waals surface area contributed by atoms with Crippen molar-refractivity contribution in [1.29, 1.82) is 0 Å². The van der Waals surface area contributed by atoms with E-state index >= 15 is 0 Å². The highest BCUT2D eigenvalue weighted by atomic mass is 16.5. The van der Waals surface area contributed by atoms with Crippen molar-refractivity contribution in [3.8, 4) is 51.4 Å². The number of aromatic hydroxyl groups is 5. The van der Waals surface area contributed by atoms with Gasteiger partial charge in [0.05, 0.1) is 5.56 Å². The summed E-state index contributed by atoms with van der Waals surface area (Å²) in [5, 5.41) is 53.0. The van der Waals surface area contributed by atoms with Crippen LogP contribution in [-0.4, -0.2) is 31.3 Å². The molecule has 0 atom stereocenters. The number of ether oxygens (including phenoxy) is 1. The van der Waals surface area contributed by atoms with Crippen LogP contribution in [0.2, 0.25) is 0 Å². The third-order valence-electron chi connectivity index (χ3n) is 7.26. The lowest BCUT2D eigenvalue weighted by atomic mass is 9.93. The predicted octanol–water partition coefficient (Wildman–Crippen LogP) is 7.17. The largest absolute Gasteiger partial charge is 0.508 e. The fourth-order valence-electron chi connectivity index (χ4n) is 5.10. The third kappa shape index (κ3) is 5.11. The summed E-state index contributed by atoms with van der Waals surface area (Å²) < 4.78 is 6.31. The number of aryl methyl sites for hydroxylation is 1. The predicted molar refractivity (Wildman–Crippen MR) is 159 cm³/mol. The average Bonchev–Trinajstić information content (AvgIpc) is 2.98. The minimum atomic E-state index is -0.510. The third-order valence-corrected chi connectivity index (χ3v) is 7.26. The fraction of sp³-hybridized carbons (Fsp3) is 0.0571. The number of carbonyl (C=O) groups is 1. The zero-order valence-corrected chi connectivity index (χ0v) is 22.3. The SMILES string of the molecule is O=C(c1cccc(O)c1)c1cc(O)c(O)c2c1Oc1cccc(c1)C=Cc1ccc(O)c(c1)-c1cc(ccc1O)CC2. The number of rotatable bonds is 2. The lowest BCUT2D eigenvalue weighted by Gasteiger charge is -2.19. The lowest BCUT2D eigenvalue weighted by molar-refractivity contribution is 0.103. The molecule has 0 aliphatic carbocycles. The van der Waals surface area contributed by atoms with Gasteiger partial charge < -0.3 is 30.3 Å². The maximum Gasteiger partial charge on any atom is 0.197 e. The van der Waals surface area contributed by atoms with Gasteiger partial charge in [-0.05, 0) is 84.1 Å². The van der Waals surface area contributed by atoms with E-state index in [4.69, 9.17) is 4.74 Å². The summed E-state index contributed by atoms with van der Waals surface area (Å²) >= 11 is 0. The normalized spacial score (nSPS) is 12.3. The standard InChI is InChI=1S/C35H26O7/c36-24-5-2-4-23(18-24)33(40)29-19-32(39)34(41)26-12-9-22-11-14-31(38)28(17-22)27-16-21(10-13-30(27)37)8-7-20-3-1-6-25(15-20)42-35(26)29/h1-8,10-11,13-19,36-39,41H,9,12H2. The smallest absolute Gasteiger partial charge is 0.197 e. The molecule has 0 aromatic heterocycles. The average molecular weight is 559 g/mol. The molecule has 0 unspecified atom stereocenters. The second-order valence-electron chi connectivity index (χ2n) is 10.1. The molecule has 7 nitrogen and oxygen atoms in total. The topological polar surface area (TPSA) is 127 Å². The molecule has 0 fully saturated rings. The van der Waals surface area contributed by atoms with Crippen LogP contribution in [0.15, 0.2) is 91.0 Å². The Morgan fingerprint density at radius 3 is 2.14 bits per heavy atom. The van der Waals surface area contributed by atoms with Crippen LogP contribution in [0.5, 0.6) is 40.2 Å². The molecule has 6 bridgehead atoms. The number of fused-ring (bicyclic) bond motifs is 8. The molecule has 1 heterocycles. The molecule has 6 rings (SSSR count). The number of ketones is 1. The van der Waals surface area contributed by atoms with Crippen molar-refractivity contribution >= 4 is 17.9 Å². The van der Waals surface area contributed by atoms with Crippen LogP contribution in [-0.2, 0) is 12.8 Å². The van der Waals surface area contributed by atoms with Gasteiger partial charge in [-0.15, -0.1) is 0 Å². The molecule has 0 saturated heterocycles. The number of hydrogen-bond donors (Lipinski definition) is 5. The monoisotopic (exact) mass is 558 g/mol. The number of phenolic OH excluding ortho intramolecular Hbond substituents is 5. The van der Waals surface area contributed by atoms with Gasteiger partial charge in [-0.25, -0.2) is 0 Å². The van der Waals surface area contributed by atoms with E-state index in [0.29, 0.717) is 23.3 Å². The Hall–Kier alpha value is -5.69. The van der Waals surface area contributed by atoms with E-state index in [-0.39, 0.29) is 46.1 Å². The molecule has 0 spiro atoms. The number of phenols is 5. The van der Waals surface area contributed by atoms with Crippen molar-refractivity contribution in [2.45, 2.75) is 12.8 Å². The second-order valence-corrected chi connectivity index (χ2v) is 10.1. The maximum absolute atomic E-state index is 13.7. The van der Waals surface area contributed by atoms with Gasteiger partial charge in [0, 0.05) is 22.3 Å². The summed E-state index contributed by atoms with van der Waals surface area (Å²) in [4.78, 5) is 13.7. The van der Waals surface area contributed by atoms with E-state index in [9.17, 15) is 30.3 Å². The van der Waals surface area contributed by atoms with E-state index in [1.165, 1.54) is 18.2 Å². The van der Waals surface area contributed by atoms with Crippen LogP contribution in [0, 0.1) is 0 Å². The number of carbonyl (C=O) groups excluding carboxylic acids is 1. The van der Waals surface area contributed by atoms with E-state index < -0.39 is 17.3 Å². The molecule has 0 radical (unpaired) electrons. The van der Waals surface area contributed by atoms with Gasteiger partial charge in [0.1, 0.15) is 28.7 Å². The first-order chi connectivity index (χ1) is 20.3. The molecule has 0 saturated carbocycles. The molecule has 7 heteroatoms. The van der Waals surface area contributed by atoms with Crippen LogP contribution >= 0.6 is 0 Å². The highest BCUT2D eigenvalue weighted by Crippen LogP contribution is 2.44. The molecule has 42 heavy (non-hydrogen) atoms. The molecule has 208 valence electrons. The van der Waals surface area contributed by atoms with Gasteiger partial charge >= 0.3 is 0 Å². The zero-order chi connectivity index (χ0) is 29.4. The van der Waals surface area contributed by atoms with E-state index in [1.807, 2.05) is 18.2 Å². The number of hydrogen-bond acceptors (Lipinski definition) is 7. The van der Waals surface area contributed by atoms with E-state index in [1.54, 1.807) is 60.7 Å². The zero-order valence-electron chi connectivity index (χ0n) is 22.3. The summed E-state index contributed by atoms with van der Waals surface area (Å²) in [5.41, 5.74) is 3.65. The Labute approximate surface area is 241 Å². The molecule has 5 aromatic carbocycles. The summed E-state index contributed by atoms with van der Waals surface area (Å²) in [6, 6.07) is 24.3. The molecule has 5 N–H and O–H groups in total. The first-order valence-electron chi connectivity index (χ1n) is 13.3. The Morgan fingerprint density at radius 1 is 0.643 bits per heavy atom. The highest BCUT2D eigenvalue weighted by Gasteiger charge is 2.25. The van der Waals surface area contributed by atoms with Crippen LogP contribution < -0.4 is 4.74 Å². The Bertz CT molecular complexity index is 1890. The molecule has 5 aromatic rings. The van der Waals surface area contributed by atoms with Gasteiger partial charge in [0.2, 0.25) is 0 Å². The van der Waals surface area contributed by atoms with Gasteiger partial charge in [0.15, 0.2) is 17.3 Å². The van der Waals surface area contributed by atoms with E-state index in [0.717, 1.165) is 22.8 Å². The Balaban J connectivity index is 1.56. The van der Waals surface area contributed by atoms with E-state index in [2.05, 4.69) is 0 Å². The Morgan fingerprint density at radius 2 is 1.36 bits per heavy atom. The first kappa shape index (κ1) is 26.5. The van der Waals surface area contributed by atoms with Crippen LogP contribution in [0.1, 0.15) is 38.2 Å². The summed E-state index contributed by atoms with van der Waals surface area (Å²) in [6.45, 7) is 0. The molecular formula is C35H26O7. The van der Waals surface area contributed by atoms with Crippen LogP contribution in [0.25, 0.3) is 23.3 Å². The lowest BCUT2D eigenvalue weighted by Crippen LogP contribution is -2.07. The summed E-state index contributed by atoms with van der Waals surface area (Å²) in [7, 11) is 0. The van der Waals surface area contributed by atoms with Crippen molar-refractivity contribution < 1.29 is 35.1 Å².